The lowest BCUT2D eigenvalue weighted by atomic mass is 10.1. The summed E-state index contributed by atoms with van der Waals surface area (Å²) in [6.45, 7) is 2.97. The Morgan fingerprint density at radius 1 is 1.14 bits per heavy atom. The first-order chi connectivity index (χ1) is 14.2. The molecule has 7 nitrogen and oxygen atoms in total. The predicted molar refractivity (Wildman–Crippen MR) is 112 cm³/mol. The zero-order valence-electron chi connectivity index (χ0n) is 16.2. The summed E-state index contributed by atoms with van der Waals surface area (Å²) >= 11 is 0. The Morgan fingerprint density at radius 3 is 2.90 bits per heavy atom. The van der Waals surface area contributed by atoms with Crippen LogP contribution < -0.4 is 10.6 Å². The summed E-state index contributed by atoms with van der Waals surface area (Å²) in [5.41, 5.74) is 4.62. The van der Waals surface area contributed by atoms with Gasteiger partial charge in [-0.2, -0.15) is 0 Å². The molecular formula is C22H22N6O. The van der Waals surface area contributed by atoms with Gasteiger partial charge in [-0.3, -0.25) is 19.2 Å². The number of carbonyl (C=O) groups excluding carboxylic acids is 1. The predicted octanol–water partition coefficient (Wildman–Crippen LogP) is 3.22. The maximum Gasteiger partial charge on any atom is 0.222 e. The number of aryl methyl sites for hydroxylation is 1. The normalized spacial score (nSPS) is 10.8. The molecule has 4 aromatic rings. The number of anilines is 1. The van der Waals surface area contributed by atoms with Gasteiger partial charge in [0.05, 0.1) is 18.4 Å². The van der Waals surface area contributed by atoms with Crippen LogP contribution in [-0.2, 0) is 11.3 Å². The molecule has 0 aliphatic carbocycles. The van der Waals surface area contributed by atoms with E-state index in [0.717, 1.165) is 34.0 Å². The van der Waals surface area contributed by atoms with Crippen molar-refractivity contribution in [2.45, 2.75) is 19.9 Å². The fourth-order valence-corrected chi connectivity index (χ4v) is 3.14. The second-order valence-corrected chi connectivity index (χ2v) is 6.76. The van der Waals surface area contributed by atoms with Gasteiger partial charge in [-0.25, -0.2) is 4.98 Å². The van der Waals surface area contributed by atoms with Gasteiger partial charge in [0.2, 0.25) is 5.91 Å². The SMILES string of the molecule is Cc1cccc(-c2nc3cnccn3c2NCCC(=O)NCc2ccccn2)c1. The van der Waals surface area contributed by atoms with Gasteiger partial charge in [0.25, 0.3) is 0 Å². The second kappa shape index (κ2) is 8.52. The van der Waals surface area contributed by atoms with Crippen molar-refractivity contribution in [2.24, 2.45) is 0 Å². The first-order valence-electron chi connectivity index (χ1n) is 9.50. The molecule has 0 atom stereocenters. The Bertz CT molecular complexity index is 1120. The number of carbonyl (C=O) groups is 1. The Kier molecular flexibility index (Phi) is 5.47. The monoisotopic (exact) mass is 386 g/mol. The molecule has 0 radical (unpaired) electrons. The maximum atomic E-state index is 12.2. The number of benzene rings is 1. The molecule has 29 heavy (non-hydrogen) atoms. The van der Waals surface area contributed by atoms with E-state index in [1.54, 1.807) is 18.6 Å². The number of amides is 1. The van der Waals surface area contributed by atoms with Crippen molar-refractivity contribution in [2.75, 3.05) is 11.9 Å². The van der Waals surface area contributed by atoms with Crippen LogP contribution >= 0.6 is 0 Å². The molecule has 3 heterocycles. The highest BCUT2D eigenvalue weighted by Gasteiger charge is 2.14. The number of aromatic nitrogens is 4. The van der Waals surface area contributed by atoms with Crippen molar-refractivity contribution in [3.05, 3.63) is 78.5 Å². The van der Waals surface area contributed by atoms with E-state index in [1.807, 2.05) is 40.9 Å². The summed E-state index contributed by atoms with van der Waals surface area (Å²) < 4.78 is 1.95. The van der Waals surface area contributed by atoms with E-state index >= 15 is 0 Å². The van der Waals surface area contributed by atoms with E-state index in [0.29, 0.717) is 19.5 Å². The molecule has 7 heteroatoms. The molecule has 0 spiro atoms. The van der Waals surface area contributed by atoms with Crippen LogP contribution in [0.2, 0.25) is 0 Å². The van der Waals surface area contributed by atoms with Crippen LogP contribution in [0.1, 0.15) is 17.7 Å². The van der Waals surface area contributed by atoms with Crippen molar-refractivity contribution in [3.8, 4) is 11.3 Å². The molecule has 0 saturated heterocycles. The number of imidazole rings is 1. The van der Waals surface area contributed by atoms with Crippen LogP contribution in [0.3, 0.4) is 0 Å². The standard InChI is InChI=1S/C22H22N6O/c1-16-5-4-6-17(13-16)21-22(28-12-11-23-15-19(28)27-21)25-10-8-20(29)26-14-18-7-2-3-9-24-18/h2-7,9,11-13,15,25H,8,10,14H2,1H3,(H,26,29). The third-order valence-electron chi connectivity index (χ3n) is 4.56. The second-order valence-electron chi connectivity index (χ2n) is 6.76. The molecule has 146 valence electrons. The van der Waals surface area contributed by atoms with Crippen LogP contribution in [0, 0.1) is 6.92 Å². The van der Waals surface area contributed by atoms with Gasteiger partial charge < -0.3 is 10.6 Å². The van der Waals surface area contributed by atoms with Gasteiger partial charge in [-0.1, -0.05) is 29.8 Å². The van der Waals surface area contributed by atoms with Crippen LogP contribution in [0.15, 0.2) is 67.3 Å². The number of hydrogen-bond acceptors (Lipinski definition) is 5. The highest BCUT2D eigenvalue weighted by Crippen LogP contribution is 2.28. The fraction of sp³-hybridized carbons (Fsp3) is 0.182. The van der Waals surface area contributed by atoms with Gasteiger partial charge in [-0.05, 0) is 25.1 Å². The van der Waals surface area contributed by atoms with Crippen molar-refractivity contribution >= 4 is 17.4 Å². The molecule has 0 bridgehead atoms. The Labute approximate surface area is 168 Å². The van der Waals surface area contributed by atoms with Gasteiger partial charge in [0.1, 0.15) is 11.5 Å². The molecule has 2 N–H and O–H groups in total. The smallest absolute Gasteiger partial charge is 0.222 e. The molecule has 0 aliphatic rings. The average molecular weight is 386 g/mol. The first-order valence-corrected chi connectivity index (χ1v) is 9.50. The van der Waals surface area contributed by atoms with Gasteiger partial charge in [0.15, 0.2) is 5.65 Å². The molecule has 1 amide bonds. The maximum absolute atomic E-state index is 12.2. The molecule has 3 aromatic heterocycles. The number of pyridine rings is 1. The number of rotatable bonds is 7. The number of nitrogens with one attached hydrogen (secondary N) is 2. The molecule has 0 aliphatic heterocycles. The minimum Gasteiger partial charge on any atom is -0.369 e. The van der Waals surface area contributed by atoms with E-state index in [1.165, 1.54) is 0 Å². The quantitative estimate of drug-likeness (QED) is 0.509. The van der Waals surface area contributed by atoms with Crippen LogP contribution in [0.5, 0.6) is 0 Å². The van der Waals surface area contributed by atoms with Crippen molar-refractivity contribution < 1.29 is 4.79 Å². The summed E-state index contributed by atoms with van der Waals surface area (Å²) in [5.74, 6) is 0.821. The number of hydrogen-bond donors (Lipinski definition) is 2. The van der Waals surface area contributed by atoms with E-state index in [-0.39, 0.29) is 5.91 Å². The summed E-state index contributed by atoms with van der Waals surface area (Å²) in [4.78, 5) is 25.3. The fourth-order valence-electron chi connectivity index (χ4n) is 3.14. The summed E-state index contributed by atoms with van der Waals surface area (Å²) in [5, 5.41) is 6.28. The lowest BCUT2D eigenvalue weighted by Crippen LogP contribution is -2.25. The highest BCUT2D eigenvalue weighted by atomic mass is 16.1. The third kappa shape index (κ3) is 4.40. The summed E-state index contributed by atoms with van der Waals surface area (Å²) in [6, 6.07) is 13.8. The van der Waals surface area contributed by atoms with E-state index in [2.05, 4.69) is 39.7 Å². The number of fused-ring (bicyclic) bond motifs is 1. The van der Waals surface area contributed by atoms with Crippen LogP contribution in [-0.4, -0.2) is 31.8 Å². The highest BCUT2D eigenvalue weighted by molar-refractivity contribution is 5.78. The third-order valence-corrected chi connectivity index (χ3v) is 4.56. The van der Waals surface area contributed by atoms with Crippen molar-refractivity contribution in [3.63, 3.8) is 0 Å². The zero-order valence-corrected chi connectivity index (χ0v) is 16.2. The molecule has 0 unspecified atom stereocenters. The Morgan fingerprint density at radius 2 is 2.07 bits per heavy atom. The molecule has 1 aromatic carbocycles. The Hall–Kier alpha value is -3.74. The topological polar surface area (TPSA) is 84.2 Å². The Balaban J connectivity index is 1.46. The lowest BCUT2D eigenvalue weighted by molar-refractivity contribution is -0.121. The molecule has 0 fully saturated rings. The lowest BCUT2D eigenvalue weighted by Gasteiger charge is -2.09. The van der Waals surface area contributed by atoms with Crippen LogP contribution in [0.25, 0.3) is 16.9 Å². The summed E-state index contributed by atoms with van der Waals surface area (Å²) in [6.07, 6.45) is 7.38. The average Bonchev–Trinajstić information content (AvgIpc) is 3.12. The molecule has 0 saturated carbocycles. The van der Waals surface area contributed by atoms with Crippen molar-refractivity contribution in [1.82, 2.24) is 24.7 Å². The zero-order chi connectivity index (χ0) is 20.1. The summed E-state index contributed by atoms with van der Waals surface area (Å²) in [7, 11) is 0. The van der Waals surface area contributed by atoms with E-state index in [9.17, 15) is 4.79 Å². The number of nitrogens with zero attached hydrogens (tertiary/aromatic N) is 4. The van der Waals surface area contributed by atoms with Gasteiger partial charge >= 0.3 is 0 Å². The first kappa shape index (κ1) is 18.6. The van der Waals surface area contributed by atoms with Gasteiger partial charge in [0, 0.05) is 37.1 Å². The van der Waals surface area contributed by atoms with E-state index in [4.69, 9.17) is 4.98 Å². The largest absolute Gasteiger partial charge is 0.369 e. The van der Waals surface area contributed by atoms with E-state index < -0.39 is 0 Å². The minimum absolute atomic E-state index is 0.0317. The molecule has 4 rings (SSSR count). The minimum atomic E-state index is -0.0317. The molecular weight excluding hydrogens is 364 g/mol. The van der Waals surface area contributed by atoms with Crippen LogP contribution in [0.4, 0.5) is 5.82 Å². The van der Waals surface area contributed by atoms with Gasteiger partial charge in [-0.15, -0.1) is 0 Å². The van der Waals surface area contributed by atoms with Crippen molar-refractivity contribution in [1.29, 1.82) is 0 Å².